The minimum Gasteiger partial charge on any atom is -0.486 e. The van der Waals surface area contributed by atoms with Gasteiger partial charge in [-0.25, -0.2) is 0 Å². The van der Waals surface area contributed by atoms with E-state index in [0.717, 1.165) is 36.6 Å². The lowest BCUT2D eigenvalue weighted by molar-refractivity contribution is 0.0928. The van der Waals surface area contributed by atoms with Gasteiger partial charge in [0.15, 0.2) is 17.3 Å². The highest BCUT2D eigenvalue weighted by Crippen LogP contribution is 2.41. The summed E-state index contributed by atoms with van der Waals surface area (Å²) < 4.78 is 16.7. The molecule has 1 aromatic rings. The van der Waals surface area contributed by atoms with Gasteiger partial charge in [0.25, 0.3) is 0 Å². The summed E-state index contributed by atoms with van der Waals surface area (Å²) in [6.45, 7) is 9.25. The zero-order chi connectivity index (χ0) is 16.4. The van der Waals surface area contributed by atoms with E-state index in [0.29, 0.717) is 19.0 Å². The van der Waals surface area contributed by atoms with E-state index in [1.54, 1.807) is 0 Å². The first-order valence-corrected chi connectivity index (χ1v) is 10.3. The van der Waals surface area contributed by atoms with Crippen LogP contribution in [0.5, 0.6) is 11.5 Å². The van der Waals surface area contributed by atoms with Crippen molar-refractivity contribution in [2.24, 2.45) is 5.41 Å². The average molecular weight is 333 g/mol. The summed E-state index contributed by atoms with van der Waals surface area (Å²) in [7, 11) is -0.757. The second kappa shape index (κ2) is 6.65. The smallest absolute Gasteiger partial charge is 0.163 e. The molecule has 125 valence electrons. The number of hydrogen-bond acceptors (Lipinski definition) is 4. The Morgan fingerprint density at radius 3 is 2.35 bits per heavy atom. The normalized spacial score (nSPS) is 20.1. The lowest BCUT2D eigenvalue weighted by Gasteiger charge is -2.37. The quantitative estimate of drug-likeness (QED) is 0.626. The maximum atomic E-state index is 13.3. The number of benzene rings is 1. The number of carbonyl (C=O) groups is 1. The molecule has 0 amide bonds. The molecule has 5 heteroatoms. The highest BCUT2D eigenvalue weighted by atomic mass is 28.3. The fourth-order valence-electron chi connectivity index (χ4n) is 3.48. The Bertz CT molecular complexity index is 573. The van der Waals surface area contributed by atoms with Gasteiger partial charge >= 0.3 is 0 Å². The van der Waals surface area contributed by atoms with Gasteiger partial charge in [0.1, 0.15) is 13.2 Å². The predicted molar refractivity (Wildman–Crippen MR) is 91.2 cm³/mol. The third-order valence-electron chi connectivity index (χ3n) is 4.50. The fourth-order valence-corrected chi connectivity index (χ4v) is 6.88. The molecule has 1 fully saturated rings. The Morgan fingerprint density at radius 1 is 1.04 bits per heavy atom. The minimum absolute atomic E-state index is 0.0318. The Morgan fingerprint density at radius 2 is 1.70 bits per heavy atom. The first-order valence-electron chi connectivity index (χ1n) is 8.33. The number of ether oxygens (including phenoxy) is 3. The Balaban J connectivity index is 1.88. The summed E-state index contributed by atoms with van der Waals surface area (Å²) >= 11 is 0. The zero-order valence-corrected chi connectivity index (χ0v) is 15.2. The molecule has 4 nitrogen and oxygen atoms in total. The fraction of sp³-hybridized carbons (Fsp3) is 0.611. The van der Waals surface area contributed by atoms with Gasteiger partial charge in [-0.2, -0.15) is 0 Å². The highest BCUT2D eigenvalue weighted by Gasteiger charge is 2.40. The van der Waals surface area contributed by atoms with E-state index in [1.165, 1.54) is 0 Å². The van der Waals surface area contributed by atoms with E-state index >= 15 is 0 Å². The number of fused-ring (bicyclic) bond motifs is 1. The lowest BCUT2D eigenvalue weighted by Crippen LogP contribution is -2.39. The van der Waals surface area contributed by atoms with Gasteiger partial charge in [-0.3, -0.25) is 4.79 Å². The van der Waals surface area contributed by atoms with Crippen molar-refractivity contribution in [2.75, 3.05) is 26.4 Å². The van der Waals surface area contributed by atoms with Crippen molar-refractivity contribution in [2.45, 2.75) is 38.4 Å². The number of carbonyl (C=O) groups excluding carboxylic acids is 1. The molecule has 3 rings (SSSR count). The highest BCUT2D eigenvalue weighted by molar-refractivity contribution is 6.65. The molecule has 2 aliphatic rings. The molecule has 2 heterocycles. The van der Waals surface area contributed by atoms with E-state index in [2.05, 4.69) is 20.8 Å². The van der Waals surface area contributed by atoms with E-state index < -0.39 is 8.80 Å². The molecule has 2 aliphatic heterocycles. The monoisotopic (exact) mass is 333 g/mol. The standard InChI is InChI=1S/C18H25O4Si/c1-18(2,3)17(23-10-8-20-9-11-23)16(19)13-4-5-14-15(12-13)22-7-6-21-14/h4-5,12,17H,6-11H2,1-3H3. The number of Topliss-reactive ketones (excluding diaryl/α,β-unsaturated/α-hetero) is 1. The molecule has 1 radical (unpaired) electrons. The molecule has 1 unspecified atom stereocenters. The SMILES string of the molecule is CC(C)(C)C(C(=O)c1ccc2c(c1)OCCO2)[Si]1CCOCC1. The Labute approximate surface area is 139 Å². The third kappa shape index (κ3) is 3.61. The number of ketones is 1. The number of hydrogen-bond donors (Lipinski definition) is 0. The van der Waals surface area contributed by atoms with E-state index in [1.807, 2.05) is 18.2 Å². The zero-order valence-electron chi connectivity index (χ0n) is 14.2. The van der Waals surface area contributed by atoms with E-state index in [4.69, 9.17) is 14.2 Å². The van der Waals surface area contributed by atoms with Crippen LogP contribution in [0, 0.1) is 5.41 Å². The third-order valence-corrected chi connectivity index (χ3v) is 8.14. The number of rotatable bonds is 3. The van der Waals surface area contributed by atoms with Crippen molar-refractivity contribution in [1.29, 1.82) is 0 Å². The van der Waals surface area contributed by atoms with E-state index in [9.17, 15) is 4.79 Å². The molecule has 1 aromatic carbocycles. The first-order chi connectivity index (χ1) is 11.0. The van der Waals surface area contributed by atoms with Crippen molar-refractivity contribution in [1.82, 2.24) is 0 Å². The summed E-state index contributed by atoms with van der Waals surface area (Å²) in [5.41, 5.74) is 0.813. The maximum absolute atomic E-state index is 13.3. The summed E-state index contributed by atoms with van der Waals surface area (Å²) in [5.74, 6) is 1.68. The van der Waals surface area contributed by atoms with Crippen LogP contribution in [0.1, 0.15) is 31.1 Å². The molecule has 0 saturated carbocycles. The van der Waals surface area contributed by atoms with Gasteiger partial charge in [-0.05, 0) is 35.7 Å². The van der Waals surface area contributed by atoms with Crippen LogP contribution in [0.3, 0.4) is 0 Å². The topological polar surface area (TPSA) is 44.8 Å². The summed E-state index contributed by atoms with van der Waals surface area (Å²) in [5, 5.41) is 0. The van der Waals surface area contributed by atoms with Gasteiger partial charge in [0.05, 0.1) is 8.80 Å². The van der Waals surface area contributed by atoms with Crippen LogP contribution < -0.4 is 9.47 Å². The summed E-state index contributed by atoms with van der Waals surface area (Å²) in [4.78, 5) is 13.3. The molecular weight excluding hydrogens is 308 g/mol. The van der Waals surface area contributed by atoms with Crippen molar-refractivity contribution in [3.63, 3.8) is 0 Å². The van der Waals surface area contributed by atoms with E-state index in [-0.39, 0.29) is 16.7 Å². The summed E-state index contributed by atoms with van der Waals surface area (Å²) in [6, 6.07) is 7.72. The Kier molecular flexibility index (Phi) is 4.78. The van der Waals surface area contributed by atoms with Crippen LogP contribution in [-0.2, 0) is 4.74 Å². The van der Waals surface area contributed by atoms with Gasteiger partial charge < -0.3 is 14.2 Å². The van der Waals surface area contributed by atoms with Gasteiger partial charge in [-0.1, -0.05) is 20.8 Å². The second-order valence-corrected chi connectivity index (χ2v) is 10.2. The molecule has 23 heavy (non-hydrogen) atoms. The largest absolute Gasteiger partial charge is 0.486 e. The molecule has 1 atom stereocenters. The van der Waals surface area contributed by atoms with Gasteiger partial charge in [0.2, 0.25) is 0 Å². The van der Waals surface area contributed by atoms with Crippen LogP contribution in [0.15, 0.2) is 18.2 Å². The molecule has 0 aliphatic carbocycles. The molecule has 1 saturated heterocycles. The molecular formula is C18H25O4Si. The summed E-state index contributed by atoms with van der Waals surface area (Å²) in [6.07, 6.45) is 0. The average Bonchev–Trinajstić information content (AvgIpc) is 2.54. The van der Waals surface area contributed by atoms with Crippen LogP contribution in [0.2, 0.25) is 17.6 Å². The van der Waals surface area contributed by atoms with Gasteiger partial charge in [-0.15, -0.1) is 0 Å². The van der Waals surface area contributed by atoms with Gasteiger partial charge in [0, 0.05) is 24.3 Å². The molecule has 0 aromatic heterocycles. The van der Waals surface area contributed by atoms with Crippen LogP contribution in [-0.4, -0.2) is 41.0 Å². The second-order valence-electron chi connectivity index (χ2n) is 7.29. The van der Waals surface area contributed by atoms with Crippen molar-refractivity contribution < 1.29 is 19.0 Å². The van der Waals surface area contributed by atoms with Crippen molar-refractivity contribution >= 4 is 14.6 Å². The minimum atomic E-state index is -0.757. The molecule has 0 bridgehead atoms. The van der Waals surface area contributed by atoms with Crippen molar-refractivity contribution in [3.05, 3.63) is 23.8 Å². The molecule has 0 spiro atoms. The maximum Gasteiger partial charge on any atom is 0.163 e. The lowest BCUT2D eigenvalue weighted by atomic mass is 9.86. The molecule has 0 N–H and O–H groups in total. The van der Waals surface area contributed by atoms with Crippen LogP contribution >= 0.6 is 0 Å². The Hall–Kier alpha value is -1.33. The van der Waals surface area contributed by atoms with Crippen LogP contribution in [0.25, 0.3) is 0 Å². The first kappa shape index (κ1) is 16.5. The van der Waals surface area contributed by atoms with Crippen LogP contribution in [0.4, 0.5) is 0 Å². The van der Waals surface area contributed by atoms with Crippen molar-refractivity contribution in [3.8, 4) is 11.5 Å². The predicted octanol–water partition coefficient (Wildman–Crippen LogP) is 3.58.